The molecule has 0 atom stereocenters. The summed E-state index contributed by atoms with van der Waals surface area (Å²) >= 11 is 0. The minimum atomic E-state index is -0.00563. The first-order valence-electron chi connectivity index (χ1n) is 7.38. The molecule has 0 radical (unpaired) electrons. The van der Waals surface area contributed by atoms with E-state index in [-0.39, 0.29) is 12.4 Å². The largest absolute Gasteiger partial charge is 0.486 e. The lowest BCUT2D eigenvalue weighted by Crippen LogP contribution is -2.06. The third kappa shape index (κ3) is 9.08. The van der Waals surface area contributed by atoms with Crippen LogP contribution in [0.25, 0.3) is 0 Å². The van der Waals surface area contributed by atoms with Crippen molar-refractivity contribution in [3.8, 4) is 11.5 Å². The second-order valence-corrected chi connectivity index (χ2v) is 6.39. The first kappa shape index (κ1) is 17.5. The van der Waals surface area contributed by atoms with Gasteiger partial charge in [0.1, 0.15) is 12.4 Å². The number of hydrogen-bond donors (Lipinski definition) is 0. The van der Waals surface area contributed by atoms with Gasteiger partial charge >= 0.3 is 0 Å². The van der Waals surface area contributed by atoms with Gasteiger partial charge in [0.25, 0.3) is 0 Å². The molecule has 0 heterocycles. The summed E-state index contributed by atoms with van der Waals surface area (Å²) in [5.74, 6) is 1.26. The quantitative estimate of drug-likeness (QED) is 0.389. The predicted octanol–water partition coefficient (Wildman–Crippen LogP) is 4.18. The van der Waals surface area contributed by atoms with Crippen molar-refractivity contribution >= 4 is 5.78 Å². The summed E-state index contributed by atoms with van der Waals surface area (Å²) < 4.78 is 5.27. The van der Waals surface area contributed by atoms with Crippen molar-refractivity contribution in [1.29, 1.82) is 0 Å². The predicted molar refractivity (Wildman–Crippen MR) is 82.5 cm³/mol. The molecular weight excluding hydrogens is 268 g/mol. The molecule has 0 saturated heterocycles. The van der Waals surface area contributed by atoms with Crippen LogP contribution in [-0.4, -0.2) is 19.0 Å². The van der Waals surface area contributed by atoms with Gasteiger partial charge < -0.3 is 9.62 Å². The molecule has 0 amide bonds. The van der Waals surface area contributed by atoms with Crippen molar-refractivity contribution in [2.24, 2.45) is 5.41 Å². The molecule has 1 rings (SSSR count). The van der Waals surface area contributed by atoms with Crippen LogP contribution in [0.15, 0.2) is 24.3 Å². The third-order valence-electron chi connectivity index (χ3n) is 2.83. The topological polar surface area (TPSA) is 44.8 Å². The Kier molecular flexibility index (Phi) is 7.23. The van der Waals surface area contributed by atoms with Crippen LogP contribution in [0, 0.1) is 5.41 Å². The molecule has 118 valence electrons. The smallest absolute Gasteiger partial charge is 0.167 e. The summed E-state index contributed by atoms with van der Waals surface area (Å²) in [7, 11) is 0. The van der Waals surface area contributed by atoms with Crippen molar-refractivity contribution in [2.45, 2.75) is 47.0 Å². The van der Waals surface area contributed by atoms with E-state index in [0.717, 1.165) is 12.8 Å². The second kappa shape index (κ2) is 8.67. The Morgan fingerprint density at radius 3 is 2.24 bits per heavy atom. The normalized spacial score (nSPS) is 11.2. The van der Waals surface area contributed by atoms with Gasteiger partial charge in [0.15, 0.2) is 11.5 Å². The van der Waals surface area contributed by atoms with Gasteiger partial charge in [-0.1, -0.05) is 27.2 Å². The average Bonchev–Trinajstić information content (AvgIpc) is 2.40. The van der Waals surface area contributed by atoms with E-state index in [2.05, 4.69) is 20.8 Å². The van der Waals surface area contributed by atoms with Gasteiger partial charge in [0, 0.05) is 0 Å². The molecule has 0 saturated carbocycles. The number of carbonyl (C=O) groups is 1. The maximum atomic E-state index is 10.8. The maximum Gasteiger partial charge on any atom is 0.167 e. The van der Waals surface area contributed by atoms with Crippen LogP contribution in [-0.2, 0) is 9.68 Å². The minimum Gasteiger partial charge on any atom is -0.486 e. The number of Topliss-reactive ketones (excluding diaryl/α,β-unsaturated/α-hetero) is 1. The monoisotopic (exact) mass is 294 g/mol. The summed E-state index contributed by atoms with van der Waals surface area (Å²) in [5.41, 5.74) is 0.372. The van der Waals surface area contributed by atoms with Crippen LogP contribution in [0.4, 0.5) is 0 Å². The highest BCUT2D eigenvalue weighted by Crippen LogP contribution is 2.21. The van der Waals surface area contributed by atoms with E-state index >= 15 is 0 Å². The van der Waals surface area contributed by atoms with E-state index < -0.39 is 0 Å². The third-order valence-corrected chi connectivity index (χ3v) is 2.83. The van der Waals surface area contributed by atoms with Gasteiger partial charge in [0.05, 0.1) is 6.61 Å². The van der Waals surface area contributed by atoms with E-state index in [9.17, 15) is 4.79 Å². The Morgan fingerprint density at radius 1 is 1.05 bits per heavy atom. The van der Waals surface area contributed by atoms with Crippen LogP contribution in [0.3, 0.4) is 0 Å². The fourth-order valence-corrected chi connectivity index (χ4v) is 1.70. The fraction of sp³-hybridized carbons (Fsp3) is 0.588. The molecule has 0 aliphatic heterocycles. The lowest BCUT2D eigenvalue weighted by atomic mass is 9.90. The number of benzene rings is 1. The van der Waals surface area contributed by atoms with E-state index in [0.29, 0.717) is 23.5 Å². The van der Waals surface area contributed by atoms with E-state index in [1.54, 1.807) is 24.3 Å². The molecule has 0 N–H and O–H groups in total. The van der Waals surface area contributed by atoms with Crippen molar-refractivity contribution < 1.29 is 19.3 Å². The van der Waals surface area contributed by atoms with Gasteiger partial charge in [0.2, 0.25) is 0 Å². The van der Waals surface area contributed by atoms with Crippen molar-refractivity contribution in [3.05, 3.63) is 24.3 Å². The van der Waals surface area contributed by atoms with Crippen molar-refractivity contribution in [3.63, 3.8) is 0 Å². The van der Waals surface area contributed by atoms with Gasteiger partial charge in [-0.15, -0.1) is 0 Å². The Morgan fingerprint density at radius 2 is 1.67 bits per heavy atom. The van der Waals surface area contributed by atoms with E-state index in [1.807, 2.05) is 0 Å². The van der Waals surface area contributed by atoms with E-state index in [4.69, 9.17) is 14.5 Å². The van der Waals surface area contributed by atoms with Crippen LogP contribution in [0.5, 0.6) is 11.5 Å². The van der Waals surface area contributed by atoms with E-state index in [1.165, 1.54) is 13.3 Å². The summed E-state index contributed by atoms with van der Waals surface area (Å²) in [6.45, 7) is 8.87. The zero-order valence-corrected chi connectivity index (χ0v) is 13.5. The Hall–Kier alpha value is -1.55. The number of hydrogen-bond acceptors (Lipinski definition) is 4. The van der Waals surface area contributed by atoms with Crippen molar-refractivity contribution in [2.75, 3.05) is 13.2 Å². The zero-order chi connectivity index (χ0) is 15.7. The lowest BCUT2D eigenvalue weighted by molar-refractivity contribution is -0.207. The SMILES string of the molecule is CC(=O)COc1ccc(OOCCCCC(C)(C)C)cc1. The average molecular weight is 294 g/mol. The first-order chi connectivity index (χ1) is 9.87. The highest BCUT2D eigenvalue weighted by molar-refractivity contribution is 5.77. The van der Waals surface area contributed by atoms with Crippen LogP contribution in [0.2, 0.25) is 0 Å². The molecular formula is C17H26O4. The van der Waals surface area contributed by atoms with Gasteiger partial charge in [-0.2, -0.15) is 4.89 Å². The number of unbranched alkanes of at least 4 members (excludes halogenated alkanes) is 1. The number of carbonyl (C=O) groups excluding carboxylic acids is 1. The highest BCUT2D eigenvalue weighted by atomic mass is 17.2. The van der Waals surface area contributed by atoms with Crippen molar-refractivity contribution in [1.82, 2.24) is 0 Å². The molecule has 4 nitrogen and oxygen atoms in total. The summed E-state index contributed by atoms with van der Waals surface area (Å²) in [5, 5.41) is 0. The molecule has 1 aromatic rings. The Balaban J connectivity index is 2.16. The van der Waals surface area contributed by atoms with Crippen LogP contribution in [0.1, 0.15) is 47.0 Å². The molecule has 0 unspecified atom stereocenters. The first-order valence-corrected chi connectivity index (χ1v) is 7.38. The molecule has 0 aliphatic rings. The second-order valence-electron chi connectivity index (χ2n) is 6.39. The summed E-state index contributed by atoms with van der Waals surface area (Å²) in [6, 6.07) is 7.01. The van der Waals surface area contributed by atoms with Crippen LogP contribution < -0.4 is 9.62 Å². The Labute approximate surface area is 127 Å². The minimum absolute atomic E-state index is 0.00563. The molecule has 0 aromatic heterocycles. The van der Waals surface area contributed by atoms with Gasteiger partial charge in [-0.25, -0.2) is 0 Å². The molecule has 21 heavy (non-hydrogen) atoms. The van der Waals surface area contributed by atoms with Gasteiger partial charge in [-0.3, -0.25) is 4.79 Å². The molecule has 4 heteroatoms. The molecule has 0 bridgehead atoms. The number of ether oxygens (including phenoxy) is 1. The number of rotatable bonds is 9. The standard InChI is InChI=1S/C17H26O4/c1-14(18)13-19-15-7-9-16(10-8-15)21-20-12-6-5-11-17(2,3)4/h7-10H,5-6,11-13H2,1-4H3. The number of ketones is 1. The summed E-state index contributed by atoms with van der Waals surface area (Å²) in [4.78, 5) is 21.2. The fourth-order valence-electron chi connectivity index (χ4n) is 1.70. The molecule has 0 aliphatic carbocycles. The molecule has 0 fully saturated rings. The summed E-state index contributed by atoms with van der Waals surface area (Å²) in [6.07, 6.45) is 3.29. The zero-order valence-electron chi connectivity index (χ0n) is 13.5. The highest BCUT2D eigenvalue weighted by Gasteiger charge is 2.08. The maximum absolute atomic E-state index is 10.8. The Bertz CT molecular complexity index is 417. The van der Waals surface area contributed by atoms with Crippen LogP contribution >= 0.6 is 0 Å². The molecule has 0 spiro atoms. The molecule has 1 aromatic carbocycles. The lowest BCUT2D eigenvalue weighted by Gasteiger charge is -2.17. The van der Waals surface area contributed by atoms with Gasteiger partial charge in [-0.05, 0) is 49.4 Å².